The molecule has 1 atom stereocenters. The van der Waals surface area contributed by atoms with Crippen LogP contribution >= 0.6 is 0 Å². The lowest BCUT2D eigenvalue weighted by Crippen LogP contribution is -2.44. The van der Waals surface area contributed by atoms with Crippen LogP contribution in [0.25, 0.3) is 0 Å². The molecule has 7 heteroatoms. The van der Waals surface area contributed by atoms with Crippen LogP contribution in [0.2, 0.25) is 0 Å². The molecule has 1 aliphatic heterocycles. The van der Waals surface area contributed by atoms with Crippen LogP contribution in [0.3, 0.4) is 0 Å². The van der Waals surface area contributed by atoms with Gasteiger partial charge in [0.2, 0.25) is 5.91 Å². The van der Waals surface area contributed by atoms with E-state index >= 15 is 0 Å². The predicted octanol–water partition coefficient (Wildman–Crippen LogP) is 2.00. The van der Waals surface area contributed by atoms with E-state index in [2.05, 4.69) is 15.6 Å². The zero-order valence-corrected chi connectivity index (χ0v) is 14.4. The number of amides is 1. The number of phenols is 1. The Morgan fingerprint density at radius 3 is 2.77 bits per heavy atom. The highest BCUT2D eigenvalue weighted by molar-refractivity contribution is 5.97. The van der Waals surface area contributed by atoms with Gasteiger partial charge >= 0.3 is 0 Å². The van der Waals surface area contributed by atoms with Crippen molar-refractivity contribution in [3.8, 4) is 5.75 Å². The molecule has 0 spiro atoms. The van der Waals surface area contributed by atoms with Gasteiger partial charge in [0.05, 0.1) is 6.04 Å². The number of aromatic hydroxyl groups is 1. The Balaban J connectivity index is 1.57. The van der Waals surface area contributed by atoms with Crippen molar-refractivity contribution in [3.63, 3.8) is 0 Å². The Morgan fingerprint density at radius 1 is 1.31 bits per heavy atom. The maximum Gasteiger partial charge on any atom is 0.229 e. The lowest BCUT2D eigenvalue weighted by molar-refractivity contribution is -0.117. The van der Waals surface area contributed by atoms with Gasteiger partial charge in [-0.1, -0.05) is 24.3 Å². The topological polar surface area (TPSA) is 77.0 Å². The normalized spacial score (nSPS) is 17.5. The molecule has 1 fully saturated rings. The van der Waals surface area contributed by atoms with Crippen molar-refractivity contribution in [2.75, 3.05) is 18.5 Å². The zero-order chi connectivity index (χ0) is 18.5. The zero-order valence-electron chi connectivity index (χ0n) is 14.4. The maximum atomic E-state index is 13.4. The van der Waals surface area contributed by atoms with Crippen molar-refractivity contribution in [1.82, 2.24) is 10.6 Å². The Morgan fingerprint density at radius 2 is 2.08 bits per heavy atom. The minimum Gasteiger partial charge on any atom is -0.505 e. The number of para-hydroxylation sites is 1. The monoisotopic (exact) mass is 356 g/mol. The third-order valence-electron chi connectivity index (χ3n) is 4.23. The average Bonchev–Trinajstić information content (AvgIpc) is 3.02. The van der Waals surface area contributed by atoms with Crippen LogP contribution in [0.4, 0.5) is 10.1 Å². The number of hydrogen-bond donors (Lipinski definition) is 3. The van der Waals surface area contributed by atoms with E-state index in [9.17, 15) is 14.3 Å². The van der Waals surface area contributed by atoms with E-state index in [1.165, 1.54) is 12.1 Å². The minimum absolute atomic E-state index is 0.0600. The fraction of sp³-hybridized carbons (Fsp3) is 0.263. The third-order valence-corrected chi connectivity index (χ3v) is 4.23. The Kier molecular flexibility index (Phi) is 5.36. The van der Waals surface area contributed by atoms with Crippen molar-refractivity contribution in [2.45, 2.75) is 19.0 Å². The first-order valence-electron chi connectivity index (χ1n) is 8.37. The number of phenolic OH excluding ortho intramolecular Hbond substituents is 1. The number of nitrogens with zero attached hydrogens (tertiary/aromatic N) is 2. The largest absolute Gasteiger partial charge is 0.505 e. The highest BCUT2D eigenvalue weighted by Crippen LogP contribution is 2.21. The van der Waals surface area contributed by atoms with Gasteiger partial charge in [-0.25, -0.2) is 4.39 Å². The van der Waals surface area contributed by atoms with Crippen LogP contribution in [-0.4, -0.2) is 36.6 Å². The smallest absolute Gasteiger partial charge is 0.229 e. The predicted molar refractivity (Wildman–Crippen MR) is 98.6 cm³/mol. The van der Waals surface area contributed by atoms with Crippen LogP contribution in [0, 0.1) is 5.82 Å². The summed E-state index contributed by atoms with van der Waals surface area (Å²) in [6.45, 7) is 0.900. The molecule has 1 amide bonds. The number of rotatable bonds is 4. The van der Waals surface area contributed by atoms with Crippen molar-refractivity contribution >= 4 is 17.6 Å². The van der Waals surface area contributed by atoms with E-state index in [4.69, 9.17) is 0 Å². The molecule has 136 valence electrons. The summed E-state index contributed by atoms with van der Waals surface area (Å²) in [6, 6.07) is 13.7. The second-order valence-electron chi connectivity index (χ2n) is 6.10. The Labute approximate surface area is 151 Å². The first-order chi connectivity index (χ1) is 12.6. The van der Waals surface area contributed by atoms with Gasteiger partial charge in [0.15, 0.2) is 17.5 Å². The van der Waals surface area contributed by atoms with Gasteiger partial charge in [-0.2, -0.15) is 0 Å². The van der Waals surface area contributed by atoms with E-state index in [-0.39, 0.29) is 17.7 Å². The summed E-state index contributed by atoms with van der Waals surface area (Å²) in [4.78, 5) is 18.2. The third kappa shape index (κ3) is 4.11. The fourth-order valence-electron chi connectivity index (χ4n) is 2.90. The van der Waals surface area contributed by atoms with Gasteiger partial charge in [-0.05, 0) is 29.8 Å². The summed E-state index contributed by atoms with van der Waals surface area (Å²) in [6.07, 6.45) is 0.378. The standard InChI is InChI=1S/C19H21FN4O2/c1-21-19(22-11-13-7-8-17(25)16(20)9-13)23-14-10-18(26)24(12-14)15-5-3-2-4-6-15/h2-9,14,25H,10-12H2,1H3,(H2,21,22,23). The van der Waals surface area contributed by atoms with Crippen LogP contribution in [0.5, 0.6) is 5.75 Å². The quantitative estimate of drug-likeness (QED) is 0.578. The Hall–Kier alpha value is -3.09. The number of carbonyl (C=O) groups is 1. The number of carbonyl (C=O) groups excluding carboxylic acids is 1. The van der Waals surface area contributed by atoms with Crippen LogP contribution in [-0.2, 0) is 11.3 Å². The molecule has 1 aliphatic rings. The van der Waals surface area contributed by atoms with Gasteiger partial charge in [-0.3, -0.25) is 9.79 Å². The number of benzene rings is 2. The van der Waals surface area contributed by atoms with Gasteiger partial charge < -0.3 is 20.6 Å². The molecular weight excluding hydrogens is 335 g/mol. The number of nitrogens with one attached hydrogen (secondary N) is 2. The van der Waals surface area contributed by atoms with E-state index in [1.54, 1.807) is 18.0 Å². The number of anilines is 1. The van der Waals surface area contributed by atoms with E-state index in [0.717, 1.165) is 5.69 Å². The number of aliphatic imine (C=N–C) groups is 1. The molecule has 26 heavy (non-hydrogen) atoms. The first kappa shape index (κ1) is 17.7. The summed E-state index contributed by atoms with van der Waals surface area (Å²) in [5.74, 6) is -0.440. The molecule has 0 saturated carbocycles. The molecule has 0 aliphatic carbocycles. The molecule has 2 aromatic carbocycles. The summed E-state index contributed by atoms with van der Waals surface area (Å²) in [5.41, 5.74) is 1.56. The summed E-state index contributed by atoms with van der Waals surface area (Å²) < 4.78 is 13.4. The molecule has 0 aromatic heterocycles. The fourth-order valence-corrected chi connectivity index (χ4v) is 2.90. The SMILES string of the molecule is CN=C(NCc1ccc(O)c(F)c1)NC1CC(=O)N(c2ccccc2)C1. The van der Waals surface area contributed by atoms with Crippen LogP contribution < -0.4 is 15.5 Å². The number of halogens is 1. The lowest BCUT2D eigenvalue weighted by atomic mass is 10.2. The summed E-state index contributed by atoms with van der Waals surface area (Å²) in [7, 11) is 1.64. The van der Waals surface area contributed by atoms with E-state index < -0.39 is 5.82 Å². The van der Waals surface area contributed by atoms with E-state index in [0.29, 0.717) is 31.0 Å². The van der Waals surface area contributed by atoms with Crippen molar-refractivity contribution < 1.29 is 14.3 Å². The molecule has 0 bridgehead atoms. The molecule has 0 radical (unpaired) electrons. The maximum absolute atomic E-state index is 13.4. The van der Waals surface area contributed by atoms with Crippen molar-refractivity contribution in [3.05, 3.63) is 59.9 Å². The molecule has 2 aromatic rings. The van der Waals surface area contributed by atoms with Gasteiger partial charge in [-0.15, -0.1) is 0 Å². The molecular formula is C19H21FN4O2. The van der Waals surface area contributed by atoms with Crippen molar-refractivity contribution in [1.29, 1.82) is 0 Å². The second-order valence-corrected chi connectivity index (χ2v) is 6.10. The first-order valence-corrected chi connectivity index (χ1v) is 8.37. The van der Waals surface area contributed by atoms with Crippen LogP contribution in [0.1, 0.15) is 12.0 Å². The minimum atomic E-state index is -0.660. The highest BCUT2D eigenvalue weighted by Gasteiger charge is 2.30. The lowest BCUT2D eigenvalue weighted by Gasteiger charge is -2.19. The molecule has 1 saturated heterocycles. The van der Waals surface area contributed by atoms with E-state index in [1.807, 2.05) is 30.3 Å². The summed E-state index contributed by atoms with van der Waals surface area (Å²) >= 11 is 0. The average molecular weight is 356 g/mol. The van der Waals surface area contributed by atoms with Gasteiger partial charge in [0, 0.05) is 32.2 Å². The van der Waals surface area contributed by atoms with Crippen LogP contribution in [0.15, 0.2) is 53.5 Å². The highest BCUT2D eigenvalue weighted by atomic mass is 19.1. The molecule has 6 nitrogen and oxygen atoms in total. The van der Waals surface area contributed by atoms with Crippen molar-refractivity contribution in [2.24, 2.45) is 4.99 Å². The van der Waals surface area contributed by atoms with Gasteiger partial charge in [0.1, 0.15) is 0 Å². The number of hydrogen-bond acceptors (Lipinski definition) is 3. The Bertz CT molecular complexity index is 810. The molecule has 3 rings (SSSR count). The molecule has 1 unspecified atom stereocenters. The molecule has 1 heterocycles. The van der Waals surface area contributed by atoms with Gasteiger partial charge in [0.25, 0.3) is 0 Å². The number of guanidine groups is 1. The molecule has 3 N–H and O–H groups in total. The summed E-state index contributed by atoms with van der Waals surface area (Å²) in [5, 5.41) is 15.5. The second kappa shape index (κ2) is 7.86.